The molecule has 0 spiro atoms. The van der Waals surface area contributed by atoms with Crippen LogP contribution in [-0.4, -0.2) is 19.1 Å². The van der Waals surface area contributed by atoms with Gasteiger partial charge in [0.15, 0.2) is 11.6 Å². The molecule has 1 aromatic carbocycles. The van der Waals surface area contributed by atoms with E-state index in [1.54, 1.807) is 0 Å². The lowest BCUT2D eigenvalue weighted by Gasteiger charge is -2.12. The Kier molecular flexibility index (Phi) is 4.28. The van der Waals surface area contributed by atoms with Gasteiger partial charge in [-0.05, 0) is 31.5 Å². The predicted molar refractivity (Wildman–Crippen MR) is 60.2 cm³/mol. The maximum atomic E-state index is 13.1. The largest absolute Gasteiger partial charge is 0.494 e. The standard InChI is InChI=1S/C12H16FNO2/c1-4-8(2)14-12(15)9-5-6-10(13)11(7-9)16-3/h5-8H,4H2,1-3H3,(H,14,15). The molecule has 0 saturated heterocycles. The lowest BCUT2D eigenvalue weighted by Crippen LogP contribution is -2.31. The Morgan fingerprint density at radius 2 is 2.25 bits per heavy atom. The summed E-state index contributed by atoms with van der Waals surface area (Å²) in [5, 5.41) is 2.80. The quantitative estimate of drug-likeness (QED) is 0.854. The first-order valence-electron chi connectivity index (χ1n) is 5.22. The number of carbonyl (C=O) groups excluding carboxylic acids is 1. The van der Waals surface area contributed by atoms with Crippen molar-refractivity contribution in [3.8, 4) is 5.75 Å². The molecular formula is C12H16FNO2. The third-order valence-corrected chi connectivity index (χ3v) is 2.40. The molecule has 1 atom stereocenters. The SMILES string of the molecule is CCC(C)NC(=O)c1ccc(F)c(OC)c1. The van der Waals surface area contributed by atoms with E-state index < -0.39 is 5.82 Å². The van der Waals surface area contributed by atoms with E-state index >= 15 is 0 Å². The van der Waals surface area contributed by atoms with Crippen LogP contribution in [0.2, 0.25) is 0 Å². The summed E-state index contributed by atoms with van der Waals surface area (Å²) in [6, 6.07) is 4.16. The summed E-state index contributed by atoms with van der Waals surface area (Å²) >= 11 is 0. The Hall–Kier alpha value is -1.58. The first-order valence-corrected chi connectivity index (χ1v) is 5.22. The van der Waals surface area contributed by atoms with Gasteiger partial charge in [0.2, 0.25) is 0 Å². The summed E-state index contributed by atoms with van der Waals surface area (Å²) in [7, 11) is 1.37. The maximum Gasteiger partial charge on any atom is 0.251 e. The monoisotopic (exact) mass is 225 g/mol. The Bertz CT molecular complexity index is 379. The van der Waals surface area contributed by atoms with Crippen molar-refractivity contribution in [1.82, 2.24) is 5.32 Å². The van der Waals surface area contributed by atoms with Crippen LogP contribution >= 0.6 is 0 Å². The average molecular weight is 225 g/mol. The van der Waals surface area contributed by atoms with Gasteiger partial charge in [0.1, 0.15) is 0 Å². The molecule has 88 valence electrons. The zero-order valence-corrected chi connectivity index (χ0v) is 9.71. The highest BCUT2D eigenvalue weighted by atomic mass is 19.1. The number of amides is 1. The van der Waals surface area contributed by atoms with Gasteiger partial charge in [0.25, 0.3) is 5.91 Å². The van der Waals surface area contributed by atoms with Crippen molar-refractivity contribution in [2.45, 2.75) is 26.3 Å². The number of hydrogen-bond acceptors (Lipinski definition) is 2. The van der Waals surface area contributed by atoms with E-state index in [1.165, 1.54) is 25.3 Å². The summed E-state index contributed by atoms with van der Waals surface area (Å²) in [5.74, 6) is -0.605. The summed E-state index contributed by atoms with van der Waals surface area (Å²) in [4.78, 5) is 11.7. The minimum atomic E-state index is -0.470. The third kappa shape index (κ3) is 2.95. The maximum absolute atomic E-state index is 13.1. The molecule has 4 heteroatoms. The lowest BCUT2D eigenvalue weighted by molar-refractivity contribution is 0.0939. The van der Waals surface area contributed by atoms with Gasteiger partial charge in [-0.2, -0.15) is 0 Å². The molecule has 0 aliphatic carbocycles. The highest BCUT2D eigenvalue weighted by molar-refractivity contribution is 5.94. The molecule has 0 heterocycles. The molecule has 1 unspecified atom stereocenters. The number of hydrogen-bond donors (Lipinski definition) is 1. The molecule has 1 N–H and O–H groups in total. The number of benzene rings is 1. The topological polar surface area (TPSA) is 38.3 Å². The van der Waals surface area contributed by atoms with Gasteiger partial charge in [0, 0.05) is 11.6 Å². The molecule has 0 saturated carbocycles. The second-order valence-corrected chi connectivity index (χ2v) is 3.63. The fourth-order valence-corrected chi connectivity index (χ4v) is 1.21. The molecule has 1 aromatic rings. The van der Waals surface area contributed by atoms with Gasteiger partial charge < -0.3 is 10.1 Å². The van der Waals surface area contributed by atoms with Crippen LogP contribution in [0.15, 0.2) is 18.2 Å². The van der Waals surface area contributed by atoms with Gasteiger partial charge >= 0.3 is 0 Å². The van der Waals surface area contributed by atoms with Crippen molar-refractivity contribution in [2.24, 2.45) is 0 Å². The minimum Gasteiger partial charge on any atom is -0.494 e. The van der Waals surface area contributed by atoms with Crippen LogP contribution in [0, 0.1) is 5.82 Å². The van der Waals surface area contributed by atoms with Crippen LogP contribution in [0.25, 0.3) is 0 Å². The molecule has 1 rings (SSSR count). The molecule has 0 radical (unpaired) electrons. The Balaban J connectivity index is 2.84. The van der Waals surface area contributed by atoms with Crippen LogP contribution < -0.4 is 10.1 Å². The summed E-state index contributed by atoms with van der Waals surface area (Å²) in [6.07, 6.45) is 0.851. The van der Waals surface area contributed by atoms with Crippen molar-refractivity contribution in [2.75, 3.05) is 7.11 Å². The van der Waals surface area contributed by atoms with Gasteiger partial charge in [-0.15, -0.1) is 0 Å². The van der Waals surface area contributed by atoms with E-state index in [0.29, 0.717) is 5.56 Å². The number of methoxy groups -OCH3 is 1. The van der Waals surface area contributed by atoms with Crippen LogP contribution in [0.1, 0.15) is 30.6 Å². The number of halogens is 1. The van der Waals surface area contributed by atoms with Crippen molar-refractivity contribution in [3.05, 3.63) is 29.6 Å². The minimum absolute atomic E-state index is 0.0804. The molecule has 0 bridgehead atoms. The zero-order valence-electron chi connectivity index (χ0n) is 9.71. The molecule has 0 aliphatic heterocycles. The van der Waals surface area contributed by atoms with Gasteiger partial charge in [-0.1, -0.05) is 6.92 Å². The molecular weight excluding hydrogens is 209 g/mol. The number of carbonyl (C=O) groups is 1. The van der Waals surface area contributed by atoms with Crippen molar-refractivity contribution < 1.29 is 13.9 Å². The van der Waals surface area contributed by atoms with Crippen molar-refractivity contribution in [3.63, 3.8) is 0 Å². The van der Waals surface area contributed by atoms with Gasteiger partial charge in [-0.25, -0.2) is 4.39 Å². The Morgan fingerprint density at radius 3 is 2.81 bits per heavy atom. The fourth-order valence-electron chi connectivity index (χ4n) is 1.21. The molecule has 0 aromatic heterocycles. The van der Waals surface area contributed by atoms with Gasteiger partial charge in [-0.3, -0.25) is 4.79 Å². The second-order valence-electron chi connectivity index (χ2n) is 3.63. The number of nitrogens with one attached hydrogen (secondary N) is 1. The number of ether oxygens (including phenoxy) is 1. The molecule has 0 aliphatic rings. The van der Waals surface area contributed by atoms with E-state index in [0.717, 1.165) is 6.42 Å². The first-order chi connectivity index (χ1) is 7.58. The summed E-state index contributed by atoms with van der Waals surface area (Å²) in [5.41, 5.74) is 0.401. The van der Waals surface area contributed by atoms with Crippen LogP contribution in [0.4, 0.5) is 4.39 Å². The van der Waals surface area contributed by atoms with Gasteiger partial charge in [0.05, 0.1) is 7.11 Å². The number of rotatable bonds is 4. The smallest absolute Gasteiger partial charge is 0.251 e. The second kappa shape index (κ2) is 5.49. The zero-order chi connectivity index (χ0) is 12.1. The van der Waals surface area contributed by atoms with Crippen molar-refractivity contribution >= 4 is 5.91 Å². The molecule has 1 amide bonds. The molecule has 16 heavy (non-hydrogen) atoms. The first kappa shape index (κ1) is 12.5. The van der Waals surface area contributed by atoms with E-state index in [-0.39, 0.29) is 17.7 Å². The molecule has 0 fully saturated rings. The van der Waals surface area contributed by atoms with E-state index in [2.05, 4.69) is 5.32 Å². The summed E-state index contributed by atoms with van der Waals surface area (Å²) in [6.45, 7) is 3.90. The van der Waals surface area contributed by atoms with Crippen LogP contribution in [-0.2, 0) is 0 Å². The normalized spacial score (nSPS) is 12.0. The average Bonchev–Trinajstić information content (AvgIpc) is 2.29. The van der Waals surface area contributed by atoms with Crippen LogP contribution in [0.5, 0.6) is 5.75 Å². The highest BCUT2D eigenvalue weighted by Crippen LogP contribution is 2.18. The van der Waals surface area contributed by atoms with E-state index in [9.17, 15) is 9.18 Å². The third-order valence-electron chi connectivity index (χ3n) is 2.40. The van der Waals surface area contributed by atoms with E-state index in [4.69, 9.17) is 4.74 Å². The fraction of sp³-hybridized carbons (Fsp3) is 0.417. The highest BCUT2D eigenvalue weighted by Gasteiger charge is 2.11. The Morgan fingerprint density at radius 1 is 1.56 bits per heavy atom. The lowest BCUT2D eigenvalue weighted by atomic mass is 10.1. The molecule has 3 nitrogen and oxygen atoms in total. The summed E-state index contributed by atoms with van der Waals surface area (Å²) < 4.78 is 17.9. The van der Waals surface area contributed by atoms with Crippen LogP contribution in [0.3, 0.4) is 0 Å². The Labute approximate surface area is 94.6 Å². The van der Waals surface area contributed by atoms with E-state index in [1.807, 2.05) is 13.8 Å². The predicted octanol–water partition coefficient (Wildman–Crippen LogP) is 2.36. The van der Waals surface area contributed by atoms with Crippen molar-refractivity contribution in [1.29, 1.82) is 0 Å².